The fraction of sp³-hybridized carbons (Fsp3) is 0.333. The van der Waals surface area contributed by atoms with Crippen molar-refractivity contribution in [2.75, 3.05) is 26.2 Å². The SMILES string of the molecule is C=CC[N+](CC=C)(CC=C)CC=C.[H-]. The Labute approximate surface area is 83.4 Å². The van der Waals surface area contributed by atoms with Crippen LogP contribution in [0.1, 0.15) is 1.43 Å². The van der Waals surface area contributed by atoms with Crippen molar-refractivity contribution in [3.63, 3.8) is 0 Å². The average molecular weight is 179 g/mol. The molecule has 0 aromatic carbocycles. The quantitative estimate of drug-likeness (QED) is 0.397. The molecule has 0 atom stereocenters. The lowest BCUT2D eigenvalue weighted by Crippen LogP contribution is -2.48. The van der Waals surface area contributed by atoms with E-state index in [2.05, 4.69) is 26.3 Å². The van der Waals surface area contributed by atoms with Crippen LogP contribution in [0.15, 0.2) is 50.6 Å². The second-order valence-electron chi connectivity index (χ2n) is 3.23. The van der Waals surface area contributed by atoms with Crippen LogP contribution in [-0.4, -0.2) is 30.7 Å². The molecule has 0 aliphatic rings. The van der Waals surface area contributed by atoms with Crippen LogP contribution >= 0.6 is 0 Å². The predicted molar refractivity (Wildman–Crippen MR) is 61.6 cm³/mol. The van der Waals surface area contributed by atoms with Gasteiger partial charge in [-0.2, -0.15) is 0 Å². The van der Waals surface area contributed by atoms with E-state index in [4.69, 9.17) is 0 Å². The highest BCUT2D eigenvalue weighted by atomic mass is 15.3. The average Bonchev–Trinajstić information content (AvgIpc) is 2.06. The summed E-state index contributed by atoms with van der Waals surface area (Å²) in [6, 6.07) is 0. The minimum absolute atomic E-state index is 0. The number of hydrogen-bond donors (Lipinski definition) is 0. The molecule has 0 aliphatic carbocycles. The monoisotopic (exact) mass is 179 g/mol. The second-order valence-corrected chi connectivity index (χ2v) is 3.23. The Bertz CT molecular complexity index is 151. The molecule has 0 heterocycles. The van der Waals surface area contributed by atoms with E-state index in [0.717, 1.165) is 30.7 Å². The highest BCUT2D eigenvalue weighted by Gasteiger charge is 2.20. The fourth-order valence-electron chi connectivity index (χ4n) is 1.54. The third kappa shape index (κ3) is 3.90. The van der Waals surface area contributed by atoms with Gasteiger partial charge in [0.15, 0.2) is 0 Å². The van der Waals surface area contributed by atoms with Gasteiger partial charge < -0.3 is 5.91 Å². The van der Waals surface area contributed by atoms with Crippen LogP contribution in [0.4, 0.5) is 0 Å². The lowest BCUT2D eigenvalue weighted by atomic mass is 10.3. The van der Waals surface area contributed by atoms with E-state index in [-0.39, 0.29) is 1.43 Å². The van der Waals surface area contributed by atoms with Crippen molar-refractivity contribution in [2.24, 2.45) is 0 Å². The van der Waals surface area contributed by atoms with E-state index in [1.54, 1.807) is 0 Å². The van der Waals surface area contributed by atoms with E-state index in [1.807, 2.05) is 24.3 Å². The van der Waals surface area contributed by atoms with Crippen molar-refractivity contribution in [1.29, 1.82) is 0 Å². The maximum absolute atomic E-state index is 3.77. The van der Waals surface area contributed by atoms with Crippen LogP contribution in [0.2, 0.25) is 0 Å². The Kier molecular flexibility index (Phi) is 5.90. The zero-order valence-corrected chi connectivity index (χ0v) is 8.41. The van der Waals surface area contributed by atoms with Crippen LogP contribution in [0.3, 0.4) is 0 Å². The van der Waals surface area contributed by atoms with Crippen LogP contribution in [-0.2, 0) is 0 Å². The smallest absolute Gasteiger partial charge is 0.0978 e. The van der Waals surface area contributed by atoms with Gasteiger partial charge in [0.05, 0.1) is 26.2 Å². The van der Waals surface area contributed by atoms with Crippen molar-refractivity contribution in [3.8, 4) is 0 Å². The van der Waals surface area contributed by atoms with Crippen LogP contribution < -0.4 is 0 Å². The first-order valence-electron chi connectivity index (χ1n) is 4.53. The number of nitrogens with zero attached hydrogens (tertiary/aromatic N) is 1. The number of rotatable bonds is 8. The van der Waals surface area contributed by atoms with Crippen molar-refractivity contribution >= 4 is 0 Å². The summed E-state index contributed by atoms with van der Waals surface area (Å²) < 4.78 is 0.903. The zero-order chi connectivity index (χ0) is 10.2. The van der Waals surface area contributed by atoms with Gasteiger partial charge in [0, 0.05) is 0 Å². The van der Waals surface area contributed by atoms with E-state index in [0.29, 0.717) is 0 Å². The number of hydrogen-bond acceptors (Lipinski definition) is 0. The summed E-state index contributed by atoms with van der Waals surface area (Å²) in [6.07, 6.45) is 7.76. The molecule has 0 amide bonds. The van der Waals surface area contributed by atoms with Gasteiger partial charge >= 0.3 is 0 Å². The molecule has 1 heteroatoms. The summed E-state index contributed by atoms with van der Waals surface area (Å²) in [5, 5.41) is 0. The molecule has 0 rings (SSSR count). The van der Waals surface area contributed by atoms with Gasteiger partial charge in [-0.15, -0.1) is 0 Å². The Morgan fingerprint density at radius 1 is 0.692 bits per heavy atom. The summed E-state index contributed by atoms with van der Waals surface area (Å²) in [5.41, 5.74) is 0. The first-order valence-corrected chi connectivity index (χ1v) is 4.53. The molecule has 0 aliphatic heterocycles. The van der Waals surface area contributed by atoms with Crippen molar-refractivity contribution in [3.05, 3.63) is 50.6 Å². The third-order valence-corrected chi connectivity index (χ3v) is 2.07. The third-order valence-electron chi connectivity index (χ3n) is 2.07. The molecule has 0 aromatic rings. The first-order chi connectivity index (χ1) is 6.24. The Balaban J connectivity index is 0. The van der Waals surface area contributed by atoms with Crippen molar-refractivity contribution in [1.82, 2.24) is 0 Å². The van der Waals surface area contributed by atoms with Gasteiger partial charge in [-0.3, -0.25) is 0 Å². The molecule has 0 N–H and O–H groups in total. The van der Waals surface area contributed by atoms with E-state index in [9.17, 15) is 0 Å². The standard InChI is InChI=1S/C12H20N.H/c1-5-9-13(10-6-2,11-7-3)12-8-4;/h5-8H,1-4,9-12H2;/q+1;-1. The topological polar surface area (TPSA) is 0 Å². The molecule has 0 saturated heterocycles. The molecule has 0 fully saturated rings. The van der Waals surface area contributed by atoms with Gasteiger partial charge in [0.25, 0.3) is 0 Å². The molecule has 0 radical (unpaired) electrons. The maximum atomic E-state index is 3.77. The van der Waals surface area contributed by atoms with E-state index < -0.39 is 0 Å². The number of quaternary nitrogens is 1. The molecule has 74 valence electrons. The highest BCUT2D eigenvalue weighted by molar-refractivity contribution is 4.79. The molecule has 13 heavy (non-hydrogen) atoms. The molecule has 0 spiro atoms. The molecule has 0 saturated carbocycles. The molecular weight excluding hydrogens is 158 g/mol. The Morgan fingerprint density at radius 3 is 1.08 bits per heavy atom. The van der Waals surface area contributed by atoms with Gasteiger partial charge in [-0.25, -0.2) is 0 Å². The van der Waals surface area contributed by atoms with E-state index >= 15 is 0 Å². The van der Waals surface area contributed by atoms with Crippen LogP contribution in [0.25, 0.3) is 0 Å². The molecule has 1 nitrogen and oxygen atoms in total. The van der Waals surface area contributed by atoms with Gasteiger partial charge in [0.2, 0.25) is 0 Å². The van der Waals surface area contributed by atoms with Crippen LogP contribution in [0.5, 0.6) is 0 Å². The first kappa shape index (κ1) is 11.9. The van der Waals surface area contributed by atoms with E-state index in [1.165, 1.54) is 0 Å². The van der Waals surface area contributed by atoms with Gasteiger partial charge in [0.1, 0.15) is 0 Å². The fourth-order valence-corrected chi connectivity index (χ4v) is 1.54. The maximum Gasteiger partial charge on any atom is 0.0978 e. The lowest BCUT2D eigenvalue weighted by Gasteiger charge is -2.35. The summed E-state index contributed by atoms with van der Waals surface area (Å²) in [7, 11) is 0. The lowest BCUT2D eigenvalue weighted by molar-refractivity contribution is -0.906. The summed E-state index contributed by atoms with van der Waals surface area (Å²) >= 11 is 0. The van der Waals surface area contributed by atoms with Gasteiger partial charge in [-0.1, -0.05) is 26.3 Å². The normalized spacial score (nSPS) is 10.5. The highest BCUT2D eigenvalue weighted by Crippen LogP contribution is 2.07. The molecule has 0 unspecified atom stereocenters. The minimum Gasteiger partial charge on any atom is -1.00 e. The van der Waals surface area contributed by atoms with Crippen LogP contribution in [0, 0.1) is 0 Å². The Morgan fingerprint density at radius 2 is 0.923 bits per heavy atom. The zero-order valence-electron chi connectivity index (χ0n) is 9.41. The minimum atomic E-state index is 0. The largest absolute Gasteiger partial charge is 1.00 e. The van der Waals surface area contributed by atoms with Crippen molar-refractivity contribution in [2.45, 2.75) is 0 Å². The molecular formula is C12H21N. The predicted octanol–water partition coefficient (Wildman–Crippen LogP) is 2.66. The molecule has 0 bridgehead atoms. The second kappa shape index (κ2) is 6.44. The summed E-state index contributed by atoms with van der Waals surface area (Å²) in [4.78, 5) is 0. The summed E-state index contributed by atoms with van der Waals surface area (Å²) in [5.74, 6) is 0. The summed E-state index contributed by atoms with van der Waals surface area (Å²) in [6.45, 7) is 18.8. The Hall–Kier alpha value is -1.08. The van der Waals surface area contributed by atoms with Crippen molar-refractivity contribution < 1.29 is 5.91 Å². The van der Waals surface area contributed by atoms with Gasteiger partial charge in [-0.05, 0) is 24.3 Å². The molecule has 0 aromatic heterocycles.